The SMILES string of the molecule is CC1(C)c2ccccc2-c2cccc(-c3cccc(-c4cc(-c5cc(-c6ccccc6)cc(-c6cccc7c6sc6ccccc67)c5)nc(-c5ccccc5)n4)c3)c21. The number of hydrogen-bond donors (Lipinski definition) is 0. The molecule has 0 bridgehead atoms. The number of rotatable bonds is 6. The quantitative estimate of drug-likeness (QED) is 0.169. The second kappa shape index (κ2) is 13.6. The van der Waals surface area contributed by atoms with Crippen LogP contribution < -0.4 is 0 Å². The van der Waals surface area contributed by atoms with Crippen LogP contribution in [0.4, 0.5) is 0 Å². The molecule has 3 heteroatoms. The fourth-order valence-corrected chi connectivity index (χ4v) is 10.3. The van der Waals surface area contributed by atoms with E-state index < -0.39 is 0 Å². The third-order valence-corrected chi connectivity index (χ3v) is 13.1. The van der Waals surface area contributed by atoms with Gasteiger partial charge in [-0.25, -0.2) is 9.97 Å². The highest BCUT2D eigenvalue weighted by molar-refractivity contribution is 7.26. The van der Waals surface area contributed by atoms with E-state index in [1.165, 1.54) is 70.2 Å². The smallest absolute Gasteiger partial charge is 0.160 e. The Morgan fingerprint density at radius 1 is 0.379 bits per heavy atom. The van der Waals surface area contributed by atoms with Gasteiger partial charge in [-0.2, -0.15) is 0 Å². The molecule has 0 fully saturated rings. The van der Waals surface area contributed by atoms with E-state index in [2.05, 4.69) is 202 Å². The maximum absolute atomic E-state index is 5.33. The van der Waals surface area contributed by atoms with E-state index in [9.17, 15) is 0 Å². The van der Waals surface area contributed by atoms with Gasteiger partial charge in [-0.1, -0.05) is 172 Å². The summed E-state index contributed by atoms with van der Waals surface area (Å²) in [6, 6.07) is 70.1. The number of hydrogen-bond acceptors (Lipinski definition) is 3. The van der Waals surface area contributed by atoms with Crippen LogP contribution in [-0.4, -0.2) is 9.97 Å². The number of aromatic nitrogens is 2. The molecule has 10 aromatic rings. The molecule has 2 heterocycles. The van der Waals surface area contributed by atoms with Crippen LogP contribution in [-0.2, 0) is 5.41 Å². The standard InChI is InChI=1S/C55H38N2S/c1-55(2)48-28-11-9-22-44(48)46-26-14-24-42(52(46)55)37-20-13-21-38(30-37)49-34-50(57-54(56-49)36-18-7-4-8-19-36)41-32-39(35-16-5-3-6-17-35)31-40(33-41)43-25-15-27-47-45-23-10-12-29-51(45)58-53(43)47/h3-34H,1-2H3. The normalized spacial score (nSPS) is 12.8. The first-order valence-corrected chi connectivity index (χ1v) is 20.7. The lowest BCUT2D eigenvalue weighted by molar-refractivity contribution is 0.662. The highest BCUT2D eigenvalue weighted by atomic mass is 32.1. The number of benzene rings is 8. The van der Waals surface area contributed by atoms with Crippen LogP contribution in [0.1, 0.15) is 25.0 Å². The van der Waals surface area contributed by atoms with Gasteiger partial charge < -0.3 is 0 Å². The summed E-state index contributed by atoms with van der Waals surface area (Å²) in [4.78, 5) is 10.6. The molecule has 2 nitrogen and oxygen atoms in total. The van der Waals surface area contributed by atoms with Crippen molar-refractivity contribution >= 4 is 31.5 Å². The fraction of sp³-hybridized carbons (Fsp3) is 0.0545. The number of thiophene rings is 1. The molecule has 1 aliphatic rings. The molecule has 0 saturated heterocycles. The van der Waals surface area contributed by atoms with Gasteiger partial charge in [0.05, 0.1) is 11.4 Å². The van der Waals surface area contributed by atoms with E-state index in [1.807, 2.05) is 17.4 Å². The average Bonchev–Trinajstić information content (AvgIpc) is 3.79. The monoisotopic (exact) mass is 758 g/mol. The van der Waals surface area contributed by atoms with E-state index in [4.69, 9.17) is 9.97 Å². The molecule has 0 unspecified atom stereocenters. The Labute approximate surface area is 342 Å². The molecule has 2 aromatic heterocycles. The third kappa shape index (κ3) is 5.69. The highest BCUT2D eigenvalue weighted by Gasteiger charge is 2.37. The Hall–Kier alpha value is -6.94. The van der Waals surface area contributed by atoms with Gasteiger partial charge in [0.2, 0.25) is 0 Å². The van der Waals surface area contributed by atoms with Crippen LogP contribution in [0.5, 0.6) is 0 Å². The first-order valence-electron chi connectivity index (χ1n) is 19.9. The topological polar surface area (TPSA) is 25.8 Å². The summed E-state index contributed by atoms with van der Waals surface area (Å²) in [6.45, 7) is 4.71. The Morgan fingerprint density at radius 2 is 0.931 bits per heavy atom. The second-order valence-electron chi connectivity index (χ2n) is 15.8. The maximum Gasteiger partial charge on any atom is 0.160 e. The average molecular weight is 759 g/mol. The molecule has 0 spiro atoms. The summed E-state index contributed by atoms with van der Waals surface area (Å²) in [6.07, 6.45) is 0. The van der Waals surface area contributed by atoms with Crippen molar-refractivity contribution in [1.82, 2.24) is 9.97 Å². The van der Waals surface area contributed by atoms with E-state index in [0.29, 0.717) is 5.82 Å². The predicted octanol–water partition coefficient (Wildman–Crippen LogP) is 15.2. The molecule has 1 aliphatic carbocycles. The molecular weight excluding hydrogens is 721 g/mol. The molecule has 0 saturated carbocycles. The first kappa shape index (κ1) is 34.3. The fourth-order valence-electron chi connectivity index (χ4n) is 9.10. The Kier molecular flexibility index (Phi) is 8.06. The van der Waals surface area contributed by atoms with Crippen LogP contribution in [0.2, 0.25) is 0 Å². The maximum atomic E-state index is 5.33. The zero-order chi connectivity index (χ0) is 38.8. The predicted molar refractivity (Wildman–Crippen MR) is 245 cm³/mol. The molecule has 8 aromatic carbocycles. The van der Waals surface area contributed by atoms with E-state index in [1.54, 1.807) is 0 Å². The minimum atomic E-state index is -0.122. The van der Waals surface area contributed by atoms with Crippen LogP contribution in [0.15, 0.2) is 194 Å². The summed E-state index contributed by atoms with van der Waals surface area (Å²) < 4.78 is 2.59. The summed E-state index contributed by atoms with van der Waals surface area (Å²) in [7, 11) is 0. The third-order valence-electron chi connectivity index (χ3n) is 11.9. The van der Waals surface area contributed by atoms with E-state index in [0.717, 1.165) is 33.6 Å². The molecule has 0 radical (unpaired) electrons. The van der Waals surface area contributed by atoms with Crippen LogP contribution in [0, 0.1) is 0 Å². The Morgan fingerprint density at radius 3 is 1.78 bits per heavy atom. The molecule has 0 amide bonds. The minimum absolute atomic E-state index is 0.122. The van der Waals surface area contributed by atoms with Crippen molar-refractivity contribution in [2.45, 2.75) is 19.3 Å². The van der Waals surface area contributed by atoms with Crippen molar-refractivity contribution in [1.29, 1.82) is 0 Å². The van der Waals surface area contributed by atoms with Gasteiger partial charge in [0.1, 0.15) is 0 Å². The summed E-state index contributed by atoms with van der Waals surface area (Å²) in [5, 5.41) is 2.59. The summed E-state index contributed by atoms with van der Waals surface area (Å²) in [5.74, 6) is 0.703. The van der Waals surface area contributed by atoms with Crippen molar-refractivity contribution in [2.24, 2.45) is 0 Å². The zero-order valence-electron chi connectivity index (χ0n) is 32.3. The van der Waals surface area contributed by atoms with Crippen molar-refractivity contribution in [3.05, 3.63) is 205 Å². The van der Waals surface area contributed by atoms with Gasteiger partial charge in [-0.3, -0.25) is 0 Å². The highest BCUT2D eigenvalue weighted by Crippen LogP contribution is 2.52. The molecule has 58 heavy (non-hydrogen) atoms. The lowest BCUT2D eigenvalue weighted by Gasteiger charge is -2.24. The van der Waals surface area contributed by atoms with Crippen molar-refractivity contribution < 1.29 is 0 Å². The van der Waals surface area contributed by atoms with Gasteiger partial charge in [0.15, 0.2) is 5.82 Å². The van der Waals surface area contributed by atoms with Crippen LogP contribution >= 0.6 is 11.3 Å². The van der Waals surface area contributed by atoms with Gasteiger partial charge in [-0.05, 0) is 92.0 Å². The van der Waals surface area contributed by atoms with Crippen LogP contribution in [0.25, 0.3) is 98.6 Å². The minimum Gasteiger partial charge on any atom is -0.228 e. The molecule has 0 aliphatic heterocycles. The van der Waals surface area contributed by atoms with Gasteiger partial charge >= 0.3 is 0 Å². The number of nitrogens with zero attached hydrogens (tertiary/aromatic N) is 2. The second-order valence-corrected chi connectivity index (χ2v) is 16.8. The van der Waals surface area contributed by atoms with E-state index in [-0.39, 0.29) is 5.41 Å². The number of fused-ring (bicyclic) bond motifs is 6. The van der Waals surface area contributed by atoms with Gasteiger partial charge in [0, 0.05) is 42.3 Å². The summed E-state index contributed by atoms with van der Waals surface area (Å²) in [5.41, 5.74) is 17.3. The van der Waals surface area contributed by atoms with Gasteiger partial charge in [-0.15, -0.1) is 11.3 Å². The molecule has 274 valence electrons. The Bertz CT molecular complexity index is 3190. The lowest BCUT2D eigenvalue weighted by Crippen LogP contribution is -2.16. The largest absolute Gasteiger partial charge is 0.228 e. The van der Waals surface area contributed by atoms with Crippen molar-refractivity contribution in [2.75, 3.05) is 0 Å². The van der Waals surface area contributed by atoms with Gasteiger partial charge in [0.25, 0.3) is 0 Å². The molecule has 11 rings (SSSR count). The zero-order valence-corrected chi connectivity index (χ0v) is 33.1. The van der Waals surface area contributed by atoms with Crippen molar-refractivity contribution in [3.63, 3.8) is 0 Å². The lowest BCUT2D eigenvalue weighted by atomic mass is 9.78. The first-order chi connectivity index (χ1) is 28.5. The molecular formula is C55H38N2S. The molecule has 0 atom stereocenters. The van der Waals surface area contributed by atoms with Crippen LogP contribution in [0.3, 0.4) is 0 Å². The van der Waals surface area contributed by atoms with E-state index >= 15 is 0 Å². The Balaban J connectivity index is 1.10. The summed E-state index contributed by atoms with van der Waals surface area (Å²) >= 11 is 1.86. The molecule has 0 N–H and O–H groups in total. The van der Waals surface area contributed by atoms with Crippen molar-refractivity contribution in [3.8, 4) is 78.4 Å².